The van der Waals surface area contributed by atoms with E-state index in [9.17, 15) is 14.7 Å². The largest absolute Gasteiger partial charge is 0.455 e. The van der Waals surface area contributed by atoms with Gasteiger partial charge >= 0.3 is 11.9 Å². The molecule has 1 aliphatic rings. The Morgan fingerprint density at radius 3 is 2.12 bits per heavy atom. The zero-order chi connectivity index (χ0) is 12.3. The maximum absolute atomic E-state index is 10.8. The van der Waals surface area contributed by atoms with Gasteiger partial charge in [0.15, 0.2) is 18.5 Å². The number of carbonyl (C=O) groups excluding carboxylic acids is 2. The van der Waals surface area contributed by atoms with Gasteiger partial charge in [0.2, 0.25) is 0 Å². The van der Waals surface area contributed by atoms with Gasteiger partial charge in [-0.05, 0) is 0 Å². The zero-order valence-electron chi connectivity index (χ0n) is 8.95. The molecule has 7 heteroatoms. The van der Waals surface area contributed by atoms with E-state index in [0.29, 0.717) is 0 Å². The SMILES string of the molecule is CC(=O)O[C@@H]1[C@H](CO)OC(O)[C@@H]1OC(C)=O. The molecule has 0 radical (unpaired) electrons. The van der Waals surface area contributed by atoms with Crippen LogP contribution in [0.4, 0.5) is 0 Å². The van der Waals surface area contributed by atoms with Gasteiger partial charge in [-0.15, -0.1) is 0 Å². The smallest absolute Gasteiger partial charge is 0.303 e. The normalized spacial score (nSPS) is 33.5. The highest BCUT2D eigenvalue weighted by Crippen LogP contribution is 2.25. The Bertz CT molecular complexity index is 277. The summed E-state index contributed by atoms with van der Waals surface area (Å²) in [5.41, 5.74) is 0. The molecule has 0 aromatic carbocycles. The van der Waals surface area contributed by atoms with Crippen LogP contribution in [-0.4, -0.2) is 53.4 Å². The van der Waals surface area contributed by atoms with Crippen molar-refractivity contribution in [2.45, 2.75) is 38.4 Å². The van der Waals surface area contributed by atoms with Gasteiger partial charge in [0.05, 0.1) is 6.61 Å². The standard InChI is InChI=1S/C9H14O7/c1-4(11)14-7-6(3-10)16-9(13)8(7)15-5(2)12/h6-10,13H,3H2,1-2H3/t6-,7+,8+,9?/m0/s1. The van der Waals surface area contributed by atoms with Crippen LogP contribution in [0.1, 0.15) is 13.8 Å². The van der Waals surface area contributed by atoms with Gasteiger partial charge in [0, 0.05) is 13.8 Å². The van der Waals surface area contributed by atoms with Crippen LogP contribution < -0.4 is 0 Å². The molecule has 1 aliphatic heterocycles. The molecule has 7 nitrogen and oxygen atoms in total. The molecule has 16 heavy (non-hydrogen) atoms. The van der Waals surface area contributed by atoms with Crippen molar-refractivity contribution in [3.05, 3.63) is 0 Å². The van der Waals surface area contributed by atoms with Gasteiger partial charge in [-0.3, -0.25) is 9.59 Å². The van der Waals surface area contributed by atoms with E-state index in [2.05, 4.69) is 0 Å². The van der Waals surface area contributed by atoms with Gasteiger partial charge in [-0.1, -0.05) is 0 Å². The van der Waals surface area contributed by atoms with E-state index in [0.717, 1.165) is 6.92 Å². The molecule has 0 amide bonds. The van der Waals surface area contributed by atoms with Crippen LogP contribution in [0, 0.1) is 0 Å². The summed E-state index contributed by atoms with van der Waals surface area (Å²) in [6.07, 6.45) is -4.42. The van der Waals surface area contributed by atoms with Gasteiger partial charge in [0.25, 0.3) is 0 Å². The maximum Gasteiger partial charge on any atom is 0.303 e. The van der Waals surface area contributed by atoms with Crippen LogP contribution >= 0.6 is 0 Å². The summed E-state index contributed by atoms with van der Waals surface area (Å²) < 4.78 is 14.5. The fourth-order valence-electron chi connectivity index (χ4n) is 1.51. The van der Waals surface area contributed by atoms with E-state index in [1.807, 2.05) is 0 Å². The van der Waals surface area contributed by atoms with E-state index in [1.165, 1.54) is 6.92 Å². The molecular formula is C9H14O7. The lowest BCUT2D eigenvalue weighted by molar-refractivity contribution is -0.174. The summed E-state index contributed by atoms with van der Waals surface area (Å²) in [5.74, 6) is -1.25. The Labute approximate surface area is 91.9 Å². The minimum Gasteiger partial charge on any atom is -0.455 e. The molecule has 1 heterocycles. The van der Waals surface area contributed by atoms with Crippen molar-refractivity contribution in [3.63, 3.8) is 0 Å². The lowest BCUT2D eigenvalue weighted by Gasteiger charge is -2.21. The van der Waals surface area contributed by atoms with Crippen molar-refractivity contribution < 1.29 is 34.0 Å². The monoisotopic (exact) mass is 234 g/mol. The number of hydrogen-bond donors (Lipinski definition) is 2. The van der Waals surface area contributed by atoms with Crippen molar-refractivity contribution in [1.29, 1.82) is 0 Å². The molecule has 1 rings (SSSR count). The Hall–Kier alpha value is -1.18. The van der Waals surface area contributed by atoms with Gasteiger partial charge in [-0.2, -0.15) is 0 Å². The van der Waals surface area contributed by atoms with E-state index in [-0.39, 0.29) is 0 Å². The number of ether oxygens (including phenoxy) is 3. The molecule has 4 atom stereocenters. The summed E-state index contributed by atoms with van der Waals surface area (Å²) in [4.78, 5) is 21.6. The predicted octanol–water partition coefficient (Wildman–Crippen LogP) is -1.44. The summed E-state index contributed by atoms with van der Waals surface area (Å²) in [7, 11) is 0. The van der Waals surface area contributed by atoms with Crippen molar-refractivity contribution in [2.75, 3.05) is 6.61 Å². The molecule has 2 N–H and O–H groups in total. The van der Waals surface area contributed by atoms with E-state index < -0.39 is 43.1 Å². The highest BCUT2D eigenvalue weighted by Gasteiger charge is 2.48. The van der Waals surface area contributed by atoms with Crippen LogP contribution in [0.3, 0.4) is 0 Å². The van der Waals surface area contributed by atoms with Crippen molar-refractivity contribution in [2.24, 2.45) is 0 Å². The van der Waals surface area contributed by atoms with Crippen LogP contribution in [0.2, 0.25) is 0 Å². The van der Waals surface area contributed by atoms with E-state index in [4.69, 9.17) is 19.3 Å². The minimum absolute atomic E-state index is 0.452. The van der Waals surface area contributed by atoms with Gasteiger partial charge in [0.1, 0.15) is 6.10 Å². The van der Waals surface area contributed by atoms with Crippen LogP contribution in [0.5, 0.6) is 0 Å². The number of rotatable bonds is 3. The highest BCUT2D eigenvalue weighted by molar-refractivity contribution is 5.67. The third-order valence-corrected chi connectivity index (χ3v) is 2.07. The second kappa shape index (κ2) is 5.24. The summed E-state index contributed by atoms with van der Waals surface area (Å²) >= 11 is 0. The lowest BCUT2D eigenvalue weighted by atomic mass is 10.1. The first-order chi connectivity index (χ1) is 7.45. The van der Waals surface area contributed by atoms with E-state index in [1.54, 1.807) is 0 Å². The number of carbonyl (C=O) groups is 2. The Balaban J connectivity index is 2.76. The van der Waals surface area contributed by atoms with Crippen LogP contribution in [0.25, 0.3) is 0 Å². The molecule has 1 saturated heterocycles. The first kappa shape index (κ1) is 12.9. The summed E-state index contributed by atoms with van der Waals surface area (Å²) in [6, 6.07) is 0. The fraction of sp³-hybridized carbons (Fsp3) is 0.778. The molecule has 92 valence electrons. The van der Waals surface area contributed by atoms with Crippen molar-refractivity contribution in [3.8, 4) is 0 Å². The summed E-state index contributed by atoms with van der Waals surface area (Å²) in [6.45, 7) is 1.88. The zero-order valence-corrected chi connectivity index (χ0v) is 8.95. The Morgan fingerprint density at radius 2 is 1.69 bits per heavy atom. The van der Waals surface area contributed by atoms with Crippen molar-refractivity contribution >= 4 is 11.9 Å². The second-order valence-electron chi connectivity index (χ2n) is 3.40. The number of esters is 2. The minimum atomic E-state index is -1.41. The number of hydrogen-bond acceptors (Lipinski definition) is 7. The Kier molecular flexibility index (Phi) is 4.22. The van der Waals surface area contributed by atoms with Crippen LogP contribution in [-0.2, 0) is 23.8 Å². The second-order valence-corrected chi connectivity index (χ2v) is 3.40. The lowest BCUT2D eigenvalue weighted by Crippen LogP contribution is -2.40. The van der Waals surface area contributed by atoms with Gasteiger partial charge in [-0.25, -0.2) is 0 Å². The molecule has 0 bridgehead atoms. The first-order valence-corrected chi connectivity index (χ1v) is 4.74. The third-order valence-electron chi connectivity index (χ3n) is 2.07. The average Bonchev–Trinajstić information content (AvgIpc) is 2.44. The third kappa shape index (κ3) is 2.91. The van der Waals surface area contributed by atoms with Gasteiger partial charge < -0.3 is 24.4 Å². The van der Waals surface area contributed by atoms with Crippen LogP contribution in [0.15, 0.2) is 0 Å². The highest BCUT2D eigenvalue weighted by atomic mass is 16.7. The quantitative estimate of drug-likeness (QED) is 0.576. The number of aliphatic hydroxyl groups excluding tert-OH is 2. The maximum atomic E-state index is 10.8. The molecule has 0 spiro atoms. The first-order valence-electron chi connectivity index (χ1n) is 4.74. The molecule has 0 aromatic heterocycles. The molecule has 0 aliphatic carbocycles. The number of aliphatic hydroxyl groups is 2. The predicted molar refractivity (Wildman–Crippen MR) is 49.1 cm³/mol. The Morgan fingerprint density at radius 1 is 1.19 bits per heavy atom. The molecule has 0 aromatic rings. The molecule has 1 fully saturated rings. The molecule has 1 unspecified atom stereocenters. The molecule has 0 saturated carbocycles. The topological polar surface area (TPSA) is 102 Å². The van der Waals surface area contributed by atoms with Crippen molar-refractivity contribution in [1.82, 2.24) is 0 Å². The summed E-state index contributed by atoms with van der Waals surface area (Å²) in [5, 5.41) is 18.4. The van der Waals surface area contributed by atoms with E-state index >= 15 is 0 Å². The average molecular weight is 234 g/mol. The fourth-order valence-corrected chi connectivity index (χ4v) is 1.51. The molecular weight excluding hydrogens is 220 g/mol.